The molecular weight excluding hydrogens is 262 g/mol. The van der Waals surface area contributed by atoms with Crippen LogP contribution in [0.1, 0.15) is 31.7 Å². The summed E-state index contributed by atoms with van der Waals surface area (Å²) in [4.78, 5) is 2.45. The van der Waals surface area contributed by atoms with E-state index >= 15 is 0 Å². The van der Waals surface area contributed by atoms with Gasteiger partial charge < -0.3 is 9.84 Å². The van der Waals surface area contributed by atoms with Gasteiger partial charge in [0.2, 0.25) is 0 Å². The van der Waals surface area contributed by atoms with Gasteiger partial charge in [0, 0.05) is 13.1 Å². The Morgan fingerprint density at radius 3 is 2.95 bits per heavy atom. The molecule has 3 nitrogen and oxygen atoms in total. The second kappa shape index (κ2) is 6.49. The third kappa shape index (κ3) is 3.54. The Balaban J connectivity index is 2.02. The van der Waals surface area contributed by atoms with Crippen molar-refractivity contribution in [2.45, 2.75) is 32.7 Å². The highest BCUT2D eigenvalue weighted by molar-refractivity contribution is 6.32. The molecule has 106 valence electrons. The molecule has 1 aliphatic rings. The van der Waals surface area contributed by atoms with Crippen LogP contribution in [0.15, 0.2) is 12.1 Å². The number of halogens is 1. The fraction of sp³-hybridized carbons (Fsp3) is 0.600. The number of likely N-dealkylation sites (tertiary alicyclic amines) is 1. The van der Waals surface area contributed by atoms with Crippen molar-refractivity contribution in [2.24, 2.45) is 5.92 Å². The highest BCUT2D eigenvalue weighted by Crippen LogP contribution is 2.35. The molecule has 19 heavy (non-hydrogen) atoms. The van der Waals surface area contributed by atoms with Crippen LogP contribution >= 0.6 is 11.6 Å². The first-order valence-corrected chi connectivity index (χ1v) is 7.29. The fourth-order valence-electron chi connectivity index (χ4n) is 2.83. The predicted molar refractivity (Wildman–Crippen MR) is 78.0 cm³/mol. The smallest absolute Gasteiger partial charge is 0.176 e. The van der Waals surface area contributed by atoms with E-state index in [1.807, 2.05) is 12.1 Å². The second-order valence-corrected chi connectivity index (χ2v) is 5.71. The van der Waals surface area contributed by atoms with Crippen LogP contribution < -0.4 is 4.74 Å². The number of ether oxygens (including phenoxy) is 1. The minimum Gasteiger partial charge on any atom is -0.503 e. The number of nitrogens with zero attached hydrogens (tertiary/aromatic N) is 1. The zero-order valence-corrected chi connectivity index (χ0v) is 12.4. The normalized spacial score (nSPS) is 19.8. The maximum absolute atomic E-state index is 9.72. The van der Waals surface area contributed by atoms with Crippen LogP contribution in [0.4, 0.5) is 0 Å². The number of methoxy groups -OCH3 is 1. The Morgan fingerprint density at radius 2 is 2.26 bits per heavy atom. The van der Waals surface area contributed by atoms with Crippen molar-refractivity contribution < 1.29 is 9.84 Å². The van der Waals surface area contributed by atoms with Gasteiger partial charge in [-0.15, -0.1) is 0 Å². The number of rotatable bonds is 5. The molecule has 1 atom stereocenters. The molecule has 0 aromatic heterocycles. The fourth-order valence-corrected chi connectivity index (χ4v) is 3.07. The summed E-state index contributed by atoms with van der Waals surface area (Å²) in [5.41, 5.74) is 1.09. The van der Waals surface area contributed by atoms with E-state index < -0.39 is 0 Å². The third-order valence-electron chi connectivity index (χ3n) is 3.78. The molecule has 1 aromatic rings. The van der Waals surface area contributed by atoms with Gasteiger partial charge in [-0.2, -0.15) is 0 Å². The summed E-state index contributed by atoms with van der Waals surface area (Å²) in [6.07, 6.45) is 3.87. The van der Waals surface area contributed by atoms with Crippen molar-refractivity contribution in [1.82, 2.24) is 4.90 Å². The van der Waals surface area contributed by atoms with E-state index in [9.17, 15) is 5.11 Å². The molecule has 1 saturated heterocycles. The average molecular weight is 284 g/mol. The van der Waals surface area contributed by atoms with Gasteiger partial charge in [-0.05, 0) is 43.0 Å². The van der Waals surface area contributed by atoms with E-state index in [4.69, 9.17) is 16.3 Å². The van der Waals surface area contributed by atoms with Crippen LogP contribution in [0, 0.1) is 5.92 Å². The molecule has 1 unspecified atom stereocenters. The number of aromatic hydroxyl groups is 1. The maximum Gasteiger partial charge on any atom is 0.176 e. The highest BCUT2D eigenvalue weighted by Gasteiger charge is 2.22. The van der Waals surface area contributed by atoms with Gasteiger partial charge in [-0.25, -0.2) is 0 Å². The van der Waals surface area contributed by atoms with E-state index in [0.29, 0.717) is 10.8 Å². The average Bonchev–Trinajstić information content (AvgIpc) is 2.81. The van der Waals surface area contributed by atoms with Gasteiger partial charge >= 0.3 is 0 Å². The number of phenolic OH excluding ortho intramolecular Hbond substituents is 1. The van der Waals surface area contributed by atoms with Crippen molar-refractivity contribution in [1.29, 1.82) is 0 Å². The summed E-state index contributed by atoms with van der Waals surface area (Å²) in [6, 6.07) is 3.70. The van der Waals surface area contributed by atoms with Crippen molar-refractivity contribution in [3.8, 4) is 11.5 Å². The Morgan fingerprint density at radius 1 is 1.47 bits per heavy atom. The lowest BCUT2D eigenvalue weighted by molar-refractivity contribution is 0.311. The van der Waals surface area contributed by atoms with Crippen LogP contribution in [-0.2, 0) is 6.54 Å². The minimum atomic E-state index is 0.0261. The lowest BCUT2D eigenvalue weighted by Crippen LogP contribution is -2.20. The number of phenols is 1. The molecule has 0 aliphatic carbocycles. The summed E-state index contributed by atoms with van der Waals surface area (Å²) < 4.78 is 5.14. The minimum absolute atomic E-state index is 0.0261. The molecule has 1 aromatic carbocycles. The van der Waals surface area contributed by atoms with Gasteiger partial charge in [0.25, 0.3) is 0 Å². The molecule has 0 amide bonds. The lowest BCUT2D eigenvalue weighted by atomic mass is 10.0. The zero-order valence-electron chi connectivity index (χ0n) is 11.7. The SMILES string of the molecule is CCCC1CCN(Cc2cc(Cl)c(O)c(OC)c2)C1. The van der Waals surface area contributed by atoms with Crippen molar-refractivity contribution >= 4 is 11.6 Å². The van der Waals surface area contributed by atoms with Crippen LogP contribution in [-0.4, -0.2) is 30.2 Å². The van der Waals surface area contributed by atoms with Gasteiger partial charge in [-0.3, -0.25) is 4.90 Å². The second-order valence-electron chi connectivity index (χ2n) is 5.31. The first-order chi connectivity index (χ1) is 9.13. The Kier molecular flexibility index (Phi) is 4.94. The molecule has 1 N–H and O–H groups in total. The van der Waals surface area contributed by atoms with Gasteiger partial charge in [0.05, 0.1) is 12.1 Å². The van der Waals surface area contributed by atoms with E-state index in [1.54, 1.807) is 7.11 Å². The molecule has 0 saturated carbocycles. The molecule has 4 heteroatoms. The third-order valence-corrected chi connectivity index (χ3v) is 4.07. The van der Waals surface area contributed by atoms with Crippen LogP contribution in [0.25, 0.3) is 0 Å². The maximum atomic E-state index is 9.72. The van der Waals surface area contributed by atoms with Crippen molar-refractivity contribution in [3.63, 3.8) is 0 Å². The molecule has 1 fully saturated rings. The van der Waals surface area contributed by atoms with Gasteiger partial charge in [0.1, 0.15) is 0 Å². The lowest BCUT2D eigenvalue weighted by Gasteiger charge is -2.17. The van der Waals surface area contributed by atoms with E-state index in [1.165, 1.54) is 19.3 Å². The van der Waals surface area contributed by atoms with Gasteiger partial charge in [-0.1, -0.05) is 24.9 Å². The number of hydrogen-bond acceptors (Lipinski definition) is 3. The van der Waals surface area contributed by atoms with Crippen LogP contribution in [0.2, 0.25) is 5.02 Å². The Bertz CT molecular complexity index is 436. The Labute approximate surface area is 120 Å². The Hall–Kier alpha value is -0.930. The quantitative estimate of drug-likeness (QED) is 0.895. The first kappa shape index (κ1) is 14.5. The monoisotopic (exact) mass is 283 g/mol. The molecule has 2 rings (SSSR count). The van der Waals surface area contributed by atoms with E-state index in [0.717, 1.165) is 31.1 Å². The predicted octanol–water partition coefficient (Wildman–Crippen LogP) is 3.68. The molecule has 0 bridgehead atoms. The summed E-state index contributed by atoms with van der Waals surface area (Å²) in [7, 11) is 1.54. The van der Waals surface area contributed by atoms with Crippen molar-refractivity contribution in [2.75, 3.05) is 20.2 Å². The zero-order chi connectivity index (χ0) is 13.8. The molecule has 1 heterocycles. The van der Waals surface area contributed by atoms with Gasteiger partial charge in [0.15, 0.2) is 11.5 Å². The topological polar surface area (TPSA) is 32.7 Å². The number of hydrogen-bond donors (Lipinski definition) is 1. The molecule has 0 radical (unpaired) electrons. The van der Waals surface area contributed by atoms with E-state index in [-0.39, 0.29) is 5.75 Å². The first-order valence-electron chi connectivity index (χ1n) is 6.91. The standard InChI is InChI=1S/C15H22ClNO2/c1-3-4-11-5-6-17(9-11)10-12-7-13(16)15(18)14(8-12)19-2/h7-8,11,18H,3-6,9-10H2,1-2H3. The largest absolute Gasteiger partial charge is 0.503 e. The molecule has 0 spiro atoms. The van der Waals surface area contributed by atoms with E-state index in [2.05, 4.69) is 11.8 Å². The summed E-state index contributed by atoms with van der Waals surface area (Å²) in [5.74, 6) is 1.31. The van der Waals surface area contributed by atoms with Crippen molar-refractivity contribution in [3.05, 3.63) is 22.7 Å². The summed E-state index contributed by atoms with van der Waals surface area (Å²) >= 11 is 6.01. The van der Waals surface area contributed by atoms with Crippen LogP contribution in [0.5, 0.6) is 11.5 Å². The molecule has 1 aliphatic heterocycles. The summed E-state index contributed by atoms with van der Waals surface area (Å²) in [5, 5.41) is 10.1. The summed E-state index contributed by atoms with van der Waals surface area (Å²) in [6.45, 7) is 5.42. The molecular formula is C15H22ClNO2. The highest BCUT2D eigenvalue weighted by atomic mass is 35.5. The van der Waals surface area contributed by atoms with Crippen LogP contribution in [0.3, 0.4) is 0 Å². The number of benzene rings is 1.